The number of hydrogen-bond donors (Lipinski definition) is 2. The molecule has 0 spiro atoms. The number of carboxylic acid groups (broad SMARTS) is 1. The van der Waals surface area contributed by atoms with Crippen molar-refractivity contribution >= 4 is 11.9 Å². The van der Waals surface area contributed by atoms with Crippen molar-refractivity contribution < 1.29 is 9.90 Å². The standard InChI is InChI=1S/C12H15N3O2/c13-12-14-8-4-3-7(5-9(16)17)10(8)11(15-12)6-1-2-6/h6-7H,1-5H2,(H,16,17)(H2,13,14,15). The Balaban J connectivity index is 2.02. The summed E-state index contributed by atoms with van der Waals surface area (Å²) < 4.78 is 0. The quantitative estimate of drug-likeness (QED) is 0.824. The lowest BCUT2D eigenvalue weighted by atomic mass is 9.96. The van der Waals surface area contributed by atoms with Crippen LogP contribution in [-0.2, 0) is 11.2 Å². The van der Waals surface area contributed by atoms with Crippen molar-refractivity contribution in [3.63, 3.8) is 0 Å². The van der Waals surface area contributed by atoms with Gasteiger partial charge in [0, 0.05) is 11.6 Å². The van der Waals surface area contributed by atoms with Crippen molar-refractivity contribution in [3.8, 4) is 0 Å². The van der Waals surface area contributed by atoms with Gasteiger partial charge in [-0.25, -0.2) is 9.97 Å². The van der Waals surface area contributed by atoms with Crippen LogP contribution < -0.4 is 5.73 Å². The number of carbonyl (C=O) groups is 1. The number of aryl methyl sites for hydroxylation is 1. The Hall–Kier alpha value is -1.65. The van der Waals surface area contributed by atoms with Crippen LogP contribution in [0.25, 0.3) is 0 Å². The third kappa shape index (κ3) is 1.85. The van der Waals surface area contributed by atoms with E-state index in [0.29, 0.717) is 11.9 Å². The molecule has 0 radical (unpaired) electrons. The summed E-state index contributed by atoms with van der Waals surface area (Å²) in [6, 6.07) is 0. The lowest BCUT2D eigenvalue weighted by molar-refractivity contribution is -0.137. The van der Waals surface area contributed by atoms with Gasteiger partial charge in [0.2, 0.25) is 5.95 Å². The van der Waals surface area contributed by atoms with Crippen LogP contribution in [0.5, 0.6) is 0 Å². The maximum atomic E-state index is 10.9. The Kier molecular flexibility index (Phi) is 2.28. The third-order valence-corrected chi connectivity index (χ3v) is 3.59. The summed E-state index contributed by atoms with van der Waals surface area (Å²) in [6.07, 6.45) is 4.16. The van der Waals surface area contributed by atoms with Gasteiger partial charge in [-0.05, 0) is 37.2 Å². The van der Waals surface area contributed by atoms with Crippen molar-refractivity contribution in [2.45, 2.75) is 43.9 Å². The molecule has 0 aliphatic heterocycles. The van der Waals surface area contributed by atoms with Gasteiger partial charge in [-0.15, -0.1) is 0 Å². The number of aliphatic carboxylic acids is 1. The highest BCUT2D eigenvalue weighted by Gasteiger charge is 2.36. The lowest BCUT2D eigenvalue weighted by Crippen LogP contribution is -2.09. The number of rotatable bonds is 3. The van der Waals surface area contributed by atoms with E-state index in [4.69, 9.17) is 10.8 Å². The largest absolute Gasteiger partial charge is 0.481 e. The molecular formula is C12H15N3O2. The number of nitrogens with two attached hydrogens (primary N) is 1. The number of carboxylic acids is 1. The predicted molar refractivity (Wildman–Crippen MR) is 61.7 cm³/mol. The molecule has 5 nitrogen and oxygen atoms in total. The van der Waals surface area contributed by atoms with Crippen LogP contribution in [0.4, 0.5) is 5.95 Å². The number of fused-ring (bicyclic) bond motifs is 1. The fourth-order valence-electron chi connectivity index (χ4n) is 2.73. The maximum absolute atomic E-state index is 10.9. The van der Waals surface area contributed by atoms with Crippen LogP contribution in [0.3, 0.4) is 0 Å². The van der Waals surface area contributed by atoms with Gasteiger partial charge in [0.15, 0.2) is 0 Å². The first-order valence-electron chi connectivity index (χ1n) is 6.03. The minimum atomic E-state index is -0.749. The Morgan fingerprint density at radius 3 is 2.76 bits per heavy atom. The number of nitrogen functional groups attached to an aromatic ring is 1. The SMILES string of the molecule is Nc1nc2c(c(C3CC3)n1)C(CC(=O)O)CC2. The molecule has 90 valence electrons. The second kappa shape index (κ2) is 3.68. The average Bonchev–Trinajstić information content (AvgIpc) is 3.01. The van der Waals surface area contributed by atoms with E-state index >= 15 is 0 Å². The van der Waals surface area contributed by atoms with Gasteiger partial charge in [0.25, 0.3) is 0 Å². The molecule has 0 aromatic carbocycles. The molecule has 1 unspecified atom stereocenters. The average molecular weight is 233 g/mol. The van der Waals surface area contributed by atoms with Crippen molar-refractivity contribution in [3.05, 3.63) is 17.0 Å². The van der Waals surface area contributed by atoms with E-state index in [1.54, 1.807) is 0 Å². The molecule has 1 heterocycles. The molecule has 2 aliphatic rings. The van der Waals surface area contributed by atoms with Crippen LogP contribution in [0.15, 0.2) is 0 Å². The smallest absolute Gasteiger partial charge is 0.303 e. The molecule has 17 heavy (non-hydrogen) atoms. The van der Waals surface area contributed by atoms with E-state index in [1.165, 1.54) is 0 Å². The number of hydrogen-bond acceptors (Lipinski definition) is 4. The van der Waals surface area contributed by atoms with Crippen LogP contribution in [0.2, 0.25) is 0 Å². The number of anilines is 1. The van der Waals surface area contributed by atoms with Gasteiger partial charge in [0.05, 0.1) is 12.1 Å². The first-order valence-corrected chi connectivity index (χ1v) is 6.03. The molecule has 3 N–H and O–H groups in total. The van der Waals surface area contributed by atoms with Crippen LogP contribution >= 0.6 is 0 Å². The topological polar surface area (TPSA) is 89.1 Å². The highest BCUT2D eigenvalue weighted by Crippen LogP contribution is 2.46. The Morgan fingerprint density at radius 1 is 1.35 bits per heavy atom. The van der Waals surface area contributed by atoms with Crippen molar-refractivity contribution in [2.75, 3.05) is 5.73 Å². The zero-order valence-electron chi connectivity index (χ0n) is 9.52. The minimum Gasteiger partial charge on any atom is -0.481 e. The summed E-state index contributed by atoms with van der Waals surface area (Å²) in [4.78, 5) is 19.5. The summed E-state index contributed by atoms with van der Waals surface area (Å²) in [5.41, 5.74) is 8.79. The van der Waals surface area contributed by atoms with Crippen molar-refractivity contribution in [1.29, 1.82) is 0 Å². The number of nitrogens with zero attached hydrogens (tertiary/aromatic N) is 2. The van der Waals surface area contributed by atoms with Gasteiger partial charge in [-0.1, -0.05) is 0 Å². The van der Waals surface area contributed by atoms with Gasteiger partial charge >= 0.3 is 5.97 Å². The van der Waals surface area contributed by atoms with Crippen LogP contribution in [0.1, 0.15) is 54.5 Å². The predicted octanol–water partition coefficient (Wildman–Crippen LogP) is 1.44. The lowest BCUT2D eigenvalue weighted by Gasteiger charge is -2.13. The van der Waals surface area contributed by atoms with Gasteiger partial charge < -0.3 is 10.8 Å². The molecule has 0 amide bonds. The Labute approximate surface area is 99.1 Å². The third-order valence-electron chi connectivity index (χ3n) is 3.59. The van der Waals surface area contributed by atoms with E-state index < -0.39 is 5.97 Å². The molecule has 2 aliphatic carbocycles. The molecular weight excluding hydrogens is 218 g/mol. The van der Waals surface area contributed by atoms with E-state index in [1.807, 2.05) is 0 Å². The van der Waals surface area contributed by atoms with E-state index in [2.05, 4.69) is 9.97 Å². The first kappa shape index (κ1) is 10.5. The second-order valence-electron chi connectivity index (χ2n) is 4.94. The fourth-order valence-corrected chi connectivity index (χ4v) is 2.73. The summed E-state index contributed by atoms with van der Waals surface area (Å²) >= 11 is 0. The molecule has 1 fully saturated rings. The summed E-state index contributed by atoms with van der Waals surface area (Å²) in [7, 11) is 0. The van der Waals surface area contributed by atoms with Crippen LogP contribution in [-0.4, -0.2) is 21.0 Å². The molecule has 1 atom stereocenters. The zero-order valence-corrected chi connectivity index (χ0v) is 9.52. The Morgan fingerprint density at radius 2 is 2.12 bits per heavy atom. The Bertz CT molecular complexity index is 483. The summed E-state index contributed by atoms with van der Waals surface area (Å²) in [6.45, 7) is 0. The summed E-state index contributed by atoms with van der Waals surface area (Å²) in [5.74, 6) is 0.158. The number of aromatic nitrogens is 2. The van der Waals surface area contributed by atoms with E-state index in [0.717, 1.165) is 42.6 Å². The zero-order chi connectivity index (χ0) is 12.0. The fraction of sp³-hybridized carbons (Fsp3) is 0.583. The first-order chi connectivity index (χ1) is 8.15. The highest BCUT2D eigenvalue weighted by atomic mass is 16.4. The summed E-state index contributed by atoms with van der Waals surface area (Å²) in [5, 5.41) is 8.93. The monoisotopic (exact) mass is 233 g/mol. The molecule has 1 aromatic heterocycles. The molecule has 5 heteroatoms. The molecule has 1 saturated carbocycles. The van der Waals surface area contributed by atoms with Crippen LogP contribution in [0, 0.1) is 0 Å². The minimum absolute atomic E-state index is 0.0821. The van der Waals surface area contributed by atoms with E-state index in [-0.39, 0.29) is 12.3 Å². The van der Waals surface area contributed by atoms with Gasteiger partial charge in [-0.2, -0.15) is 0 Å². The molecule has 1 aromatic rings. The van der Waals surface area contributed by atoms with E-state index in [9.17, 15) is 4.79 Å². The molecule has 0 saturated heterocycles. The highest BCUT2D eigenvalue weighted by molar-refractivity contribution is 5.68. The molecule has 3 rings (SSSR count). The second-order valence-corrected chi connectivity index (χ2v) is 4.94. The maximum Gasteiger partial charge on any atom is 0.303 e. The van der Waals surface area contributed by atoms with Gasteiger partial charge in [-0.3, -0.25) is 4.79 Å². The normalized spacial score (nSPS) is 22.5. The molecule has 0 bridgehead atoms. The van der Waals surface area contributed by atoms with Crippen molar-refractivity contribution in [2.24, 2.45) is 0 Å². The van der Waals surface area contributed by atoms with Gasteiger partial charge in [0.1, 0.15) is 0 Å². The van der Waals surface area contributed by atoms with Crippen molar-refractivity contribution in [1.82, 2.24) is 9.97 Å².